The van der Waals surface area contributed by atoms with Crippen LogP contribution in [0.25, 0.3) is 0 Å². The van der Waals surface area contributed by atoms with E-state index in [9.17, 15) is 43.8 Å². The fourth-order valence-corrected chi connectivity index (χ4v) is 4.45. The SMILES string of the molecule is C.C.CNC(=O)[C@@H](CC(=O)OCc1ccccc1)[C@@H](C)O.CNC(=O)[C@@H](N)[C@@H](C)O.C[C@@H](O)[C@H](CC(=O)OCc1ccccc1)C(=O)O.C[C@@H](O)[C@H](N)C(=O)O.O=C(Cl)OCc1ccccc1.[B]. The highest BCUT2D eigenvalue weighted by atomic mass is 35.5. The first kappa shape index (κ1) is 71.1. The molecule has 0 spiro atoms. The zero-order chi connectivity index (χ0) is 50.1. The average Bonchev–Trinajstić information content (AvgIpc) is 3.28. The number of carboxylic acids is 2. The lowest BCUT2D eigenvalue weighted by Crippen LogP contribution is -2.45. The number of carbonyl (C=O) groups is 7. The van der Waals surface area contributed by atoms with Crippen molar-refractivity contribution in [2.45, 2.75) is 112 Å². The summed E-state index contributed by atoms with van der Waals surface area (Å²) in [5.41, 5.74) is 12.0. The second-order valence-corrected chi connectivity index (χ2v) is 14.2. The molecule has 0 heterocycles. The van der Waals surface area contributed by atoms with Crippen LogP contribution in [-0.2, 0) is 62.8 Å². The number of benzene rings is 3. The second-order valence-electron chi connectivity index (χ2n) is 13.8. The highest BCUT2D eigenvalue weighted by Crippen LogP contribution is 2.13. The number of hydrogen-bond acceptors (Lipinski definition) is 16. The standard InChI is InChI=1S/C14H19NO4.C13H16O5.C8H7ClO2.C5H12N2O2.C4H9NO3.2CH4.B/c1-10(16)12(14(18)15-2)8-13(17)19-9-11-6-4-3-5-7-11;1-9(14)11(13(16)17)7-12(15)18-8-10-5-3-2-4-6-10;9-8(10)11-6-7-4-2-1-3-5-7;1-3(8)4(6)5(9)7-2;1-2(6)3(5)4(7)8;;;/h3-7,10,12,16H,8-9H2,1-2H3,(H,15,18);2-6,9,11,14H,7-8H2,1H3,(H,16,17);1-5H,6H2;3-4,8H,6H2,1-2H3,(H,7,9);2-3,6H,5H2,1H3,(H,7,8);2*1H4;/t10-,12+;9-,11+;;3-,4+;2-,3+;;;/m11.11.../s1. The van der Waals surface area contributed by atoms with Crippen molar-refractivity contribution in [2.75, 3.05) is 14.1 Å². The van der Waals surface area contributed by atoms with Crippen molar-refractivity contribution < 1.29 is 78.4 Å². The maximum absolute atomic E-state index is 11.6. The highest BCUT2D eigenvalue weighted by Gasteiger charge is 2.27. The van der Waals surface area contributed by atoms with Crippen LogP contribution in [0.4, 0.5) is 4.79 Å². The molecule has 0 aromatic heterocycles. The Bertz CT molecular complexity index is 1830. The van der Waals surface area contributed by atoms with Gasteiger partial charge in [-0.2, -0.15) is 0 Å². The molecule has 0 fully saturated rings. The second kappa shape index (κ2) is 41.3. The van der Waals surface area contributed by atoms with Gasteiger partial charge in [-0.3, -0.25) is 28.8 Å². The Labute approximate surface area is 405 Å². The van der Waals surface area contributed by atoms with Gasteiger partial charge in [0.25, 0.3) is 0 Å². The van der Waals surface area contributed by atoms with E-state index in [1.807, 2.05) is 78.9 Å². The number of aliphatic hydroxyl groups excluding tert-OH is 4. The van der Waals surface area contributed by atoms with Gasteiger partial charge in [-0.1, -0.05) is 106 Å². The molecule has 0 bridgehead atoms. The van der Waals surface area contributed by atoms with Crippen molar-refractivity contribution in [1.82, 2.24) is 10.6 Å². The highest BCUT2D eigenvalue weighted by molar-refractivity contribution is 6.61. The first-order valence-electron chi connectivity index (χ1n) is 19.9. The van der Waals surface area contributed by atoms with Gasteiger partial charge in [-0.05, 0) is 44.4 Å². The molecule has 0 saturated carbocycles. The Morgan fingerprint density at radius 3 is 1.04 bits per heavy atom. The number of rotatable bonds is 18. The van der Waals surface area contributed by atoms with Gasteiger partial charge in [0.05, 0.1) is 49.1 Å². The molecule has 22 heteroatoms. The molecular formula is C46H71BClN4O16. The molecule has 381 valence electrons. The molecule has 0 aliphatic rings. The minimum Gasteiger partial charge on any atom is -0.481 e. The number of halogens is 1. The summed E-state index contributed by atoms with van der Waals surface area (Å²) in [6, 6.07) is 25.8. The third-order valence-corrected chi connectivity index (χ3v) is 8.50. The molecule has 0 saturated heterocycles. The van der Waals surface area contributed by atoms with Crippen LogP contribution in [-0.4, -0.2) is 131 Å². The van der Waals surface area contributed by atoms with Crippen LogP contribution in [0.5, 0.6) is 0 Å². The molecular weight excluding hydrogens is 911 g/mol. The molecule has 3 radical (unpaired) electrons. The smallest absolute Gasteiger partial charge is 0.404 e. The normalized spacial score (nSPS) is 13.1. The number of hydrogen-bond donors (Lipinski definition) is 10. The number of aliphatic hydroxyl groups is 4. The van der Waals surface area contributed by atoms with Gasteiger partial charge >= 0.3 is 29.3 Å². The molecule has 8 atom stereocenters. The molecule has 0 aliphatic heterocycles. The van der Waals surface area contributed by atoms with Gasteiger partial charge < -0.3 is 67.0 Å². The number of amides is 2. The maximum atomic E-state index is 11.6. The number of aliphatic carboxylic acids is 2. The average molecular weight is 982 g/mol. The first-order valence-corrected chi connectivity index (χ1v) is 20.2. The van der Waals surface area contributed by atoms with Crippen molar-refractivity contribution in [3.8, 4) is 0 Å². The van der Waals surface area contributed by atoms with E-state index in [2.05, 4.69) is 15.4 Å². The minimum absolute atomic E-state index is 0. The van der Waals surface area contributed by atoms with E-state index in [1.165, 1.54) is 41.8 Å². The van der Waals surface area contributed by atoms with E-state index in [0.717, 1.165) is 16.7 Å². The largest absolute Gasteiger partial charge is 0.481 e. The summed E-state index contributed by atoms with van der Waals surface area (Å²) < 4.78 is 14.6. The molecule has 2 amide bonds. The first-order chi connectivity index (χ1) is 30.5. The van der Waals surface area contributed by atoms with Gasteiger partial charge in [-0.15, -0.1) is 0 Å². The zero-order valence-electron chi connectivity index (χ0n) is 37.7. The fraction of sp³-hybridized carbons (Fsp3) is 0.457. The van der Waals surface area contributed by atoms with Crippen LogP contribution in [0.1, 0.15) is 72.1 Å². The number of esters is 2. The van der Waals surface area contributed by atoms with Crippen LogP contribution in [0.2, 0.25) is 0 Å². The van der Waals surface area contributed by atoms with Crippen LogP contribution >= 0.6 is 11.6 Å². The van der Waals surface area contributed by atoms with Crippen LogP contribution in [0.3, 0.4) is 0 Å². The Kier molecular flexibility index (Phi) is 43.1. The third-order valence-electron chi connectivity index (χ3n) is 8.39. The maximum Gasteiger partial charge on any atom is 0.404 e. The summed E-state index contributed by atoms with van der Waals surface area (Å²) in [6.45, 7) is 6.13. The Hall–Kier alpha value is -5.94. The Morgan fingerprint density at radius 2 is 0.824 bits per heavy atom. The van der Waals surface area contributed by atoms with Crippen molar-refractivity contribution in [3.05, 3.63) is 108 Å². The molecule has 3 aromatic carbocycles. The van der Waals surface area contributed by atoms with E-state index in [0.29, 0.717) is 0 Å². The van der Waals surface area contributed by atoms with Gasteiger partial charge in [0.1, 0.15) is 31.9 Å². The van der Waals surface area contributed by atoms with Gasteiger partial charge in [-0.25, -0.2) is 4.79 Å². The summed E-state index contributed by atoms with van der Waals surface area (Å²) >= 11 is 4.97. The van der Waals surface area contributed by atoms with Crippen molar-refractivity contribution in [3.63, 3.8) is 0 Å². The van der Waals surface area contributed by atoms with Gasteiger partial charge in [0.2, 0.25) is 11.8 Å². The molecule has 0 aliphatic carbocycles. The van der Waals surface area contributed by atoms with Crippen molar-refractivity contribution >= 4 is 61.1 Å². The lowest BCUT2D eigenvalue weighted by Gasteiger charge is -2.17. The van der Waals surface area contributed by atoms with Crippen molar-refractivity contribution in [1.29, 1.82) is 0 Å². The predicted molar refractivity (Wildman–Crippen MR) is 256 cm³/mol. The predicted octanol–water partition coefficient (Wildman–Crippen LogP) is 2.74. The Morgan fingerprint density at radius 1 is 0.515 bits per heavy atom. The number of likely N-dealkylation sites (N-methyl/N-ethyl adjacent to an activating group) is 1. The van der Waals surface area contributed by atoms with E-state index >= 15 is 0 Å². The van der Waals surface area contributed by atoms with E-state index in [1.54, 1.807) is 12.1 Å². The van der Waals surface area contributed by atoms with Crippen LogP contribution in [0, 0.1) is 11.8 Å². The fourth-order valence-electron chi connectivity index (χ4n) is 4.39. The summed E-state index contributed by atoms with van der Waals surface area (Å²) in [6.07, 6.45) is -4.22. The van der Waals surface area contributed by atoms with E-state index < -0.39 is 77.6 Å². The summed E-state index contributed by atoms with van der Waals surface area (Å²) in [5, 5.41) is 57.5. The molecule has 0 unspecified atom stereocenters. The summed E-state index contributed by atoms with van der Waals surface area (Å²) in [5.74, 6) is -6.15. The minimum atomic E-state index is -1.21. The molecule has 20 nitrogen and oxygen atoms in total. The molecule has 3 aromatic rings. The zero-order valence-corrected chi connectivity index (χ0v) is 38.4. The molecule has 12 N–H and O–H groups in total. The lowest BCUT2D eigenvalue weighted by atomic mass is 9.99. The molecule has 3 rings (SSSR count). The molecule has 68 heavy (non-hydrogen) atoms. The Balaban J connectivity index is -0.000000251. The van der Waals surface area contributed by atoms with Gasteiger partial charge in [0.15, 0.2) is 0 Å². The van der Waals surface area contributed by atoms with Crippen LogP contribution < -0.4 is 22.1 Å². The number of carbonyl (C=O) groups excluding carboxylic acids is 5. The van der Waals surface area contributed by atoms with E-state index in [-0.39, 0.29) is 67.7 Å². The summed E-state index contributed by atoms with van der Waals surface area (Å²) in [4.78, 5) is 75.9. The summed E-state index contributed by atoms with van der Waals surface area (Å²) in [7, 11) is 2.94. The number of carboxylic acid groups (broad SMARTS) is 2. The third kappa shape index (κ3) is 35.3. The van der Waals surface area contributed by atoms with Crippen molar-refractivity contribution in [2.24, 2.45) is 23.3 Å². The quantitative estimate of drug-likeness (QED) is 0.0379. The van der Waals surface area contributed by atoms with Crippen LogP contribution in [0.15, 0.2) is 91.0 Å². The number of nitrogens with two attached hydrogens (primary N) is 2. The number of ether oxygens (including phenoxy) is 3. The topological polar surface area (TPSA) is 345 Å². The lowest BCUT2D eigenvalue weighted by molar-refractivity contribution is -0.155. The van der Waals surface area contributed by atoms with Gasteiger partial charge in [0, 0.05) is 34.1 Å². The van der Waals surface area contributed by atoms with E-state index in [4.69, 9.17) is 53.0 Å². The monoisotopic (exact) mass is 981 g/mol. The number of nitrogens with one attached hydrogen (secondary N) is 2.